The van der Waals surface area contributed by atoms with Gasteiger partial charge in [-0.1, -0.05) is 6.07 Å². The zero-order chi connectivity index (χ0) is 30.4. The fourth-order valence-corrected chi connectivity index (χ4v) is 6.97. The number of nitrogens with two attached hydrogens (primary N) is 1. The van der Waals surface area contributed by atoms with Gasteiger partial charge in [0.1, 0.15) is 22.8 Å². The first kappa shape index (κ1) is 27.6. The molecule has 1 heterocycles. The molecule has 42 heavy (non-hydrogen) atoms. The van der Waals surface area contributed by atoms with Gasteiger partial charge in [-0.05, 0) is 62.2 Å². The van der Waals surface area contributed by atoms with E-state index in [0.29, 0.717) is 33.9 Å². The molecule has 12 heteroatoms. The maximum Gasteiger partial charge on any atom is 0.255 e. The molecule has 2 aromatic carbocycles. The molecule has 0 radical (unpaired) electrons. The number of aliphatic hydroxyl groups is 3. The van der Waals surface area contributed by atoms with Crippen molar-refractivity contribution in [3.63, 3.8) is 0 Å². The molecule has 220 valence electrons. The van der Waals surface area contributed by atoms with Gasteiger partial charge in [0, 0.05) is 36.8 Å². The lowest BCUT2D eigenvalue weighted by Gasteiger charge is -2.50. The number of Topliss-reactive ketones (excluding diaryl/α,β-unsaturated/α-hetero) is 2. The number of ketones is 2. The number of carbonyl (C=O) groups excluding carboxylic acids is 3. The van der Waals surface area contributed by atoms with Gasteiger partial charge in [0.05, 0.1) is 11.6 Å². The molecule has 1 saturated carbocycles. The molecule has 0 spiro atoms. The number of hydrogen-bond donors (Lipinski definition) is 5. The van der Waals surface area contributed by atoms with Crippen molar-refractivity contribution in [2.45, 2.75) is 24.5 Å². The summed E-state index contributed by atoms with van der Waals surface area (Å²) in [6.07, 6.45) is 0.209. The number of rotatable bonds is 4. The van der Waals surface area contributed by atoms with Crippen LogP contribution in [0.1, 0.15) is 17.5 Å². The molecule has 0 aromatic heterocycles. The number of benzene rings is 2. The minimum Gasteiger partial charge on any atom is -0.508 e. The molecule has 0 bridgehead atoms. The average molecular weight is 578 g/mol. The first-order valence-electron chi connectivity index (χ1n) is 13.4. The number of anilines is 1. The Morgan fingerprint density at radius 2 is 1.74 bits per heavy atom. The molecule has 0 unspecified atom stereocenters. The minimum absolute atomic E-state index is 0.0172. The molecule has 6 N–H and O–H groups in total. The predicted molar refractivity (Wildman–Crippen MR) is 150 cm³/mol. The number of carbonyl (C=O) groups is 3. The highest BCUT2D eigenvalue weighted by atomic mass is 16.7. The summed E-state index contributed by atoms with van der Waals surface area (Å²) in [6.45, 7) is 0.0667. The molecule has 4 atom stereocenters. The van der Waals surface area contributed by atoms with Crippen LogP contribution in [0.5, 0.6) is 17.2 Å². The van der Waals surface area contributed by atoms with Crippen molar-refractivity contribution >= 4 is 28.9 Å². The second-order valence-electron chi connectivity index (χ2n) is 11.6. The van der Waals surface area contributed by atoms with Crippen molar-refractivity contribution in [3.05, 3.63) is 52.3 Å². The van der Waals surface area contributed by atoms with Crippen LogP contribution in [0.4, 0.5) is 5.69 Å². The van der Waals surface area contributed by atoms with Crippen LogP contribution in [-0.4, -0.2) is 89.4 Å². The van der Waals surface area contributed by atoms with E-state index in [0.717, 1.165) is 0 Å². The van der Waals surface area contributed by atoms with Crippen molar-refractivity contribution in [2.24, 2.45) is 17.6 Å². The SMILES string of the molecule is CN(C)c1cc(-c2ccc3c(c2)OCO3)c(O)c2c1C[C@H]1C[C@H]3[C@H](N(C)C)C(=O)C(C(N)=O)=C(O)[C@@]3(O)C(=O)C1=C2O. The fraction of sp³-hybridized carbons (Fsp3) is 0.367. The van der Waals surface area contributed by atoms with Gasteiger partial charge in [0.2, 0.25) is 12.6 Å². The highest BCUT2D eigenvalue weighted by molar-refractivity contribution is 6.24. The maximum absolute atomic E-state index is 14.1. The van der Waals surface area contributed by atoms with Gasteiger partial charge in [-0.15, -0.1) is 0 Å². The Morgan fingerprint density at radius 1 is 1.05 bits per heavy atom. The van der Waals surface area contributed by atoms with Gasteiger partial charge in [-0.25, -0.2) is 0 Å². The van der Waals surface area contributed by atoms with Crippen LogP contribution in [0.25, 0.3) is 16.9 Å². The van der Waals surface area contributed by atoms with E-state index in [9.17, 15) is 34.8 Å². The molecular weight excluding hydrogens is 546 g/mol. The summed E-state index contributed by atoms with van der Waals surface area (Å²) >= 11 is 0. The van der Waals surface area contributed by atoms with Crippen LogP contribution < -0.4 is 20.1 Å². The summed E-state index contributed by atoms with van der Waals surface area (Å²) in [5, 5.41) is 46.1. The monoisotopic (exact) mass is 577 g/mol. The Kier molecular flexibility index (Phi) is 6.07. The van der Waals surface area contributed by atoms with Crippen molar-refractivity contribution in [1.82, 2.24) is 4.90 Å². The van der Waals surface area contributed by atoms with Crippen molar-refractivity contribution in [3.8, 4) is 28.4 Å². The van der Waals surface area contributed by atoms with E-state index in [1.807, 2.05) is 19.0 Å². The van der Waals surface area contributed by atoms with E-state index in [1.165, 1.54) is 4.90 Å². The maximum atomic E-state index is 14.1. The van der Waals surface area contributed by atoms with Crippen LogP contribution in [0.2, 0.25) is 0 Å². The van der Waals surface area contributed by atoms with E-state index in [2.05, 4.69) is 0 Å². The highest BCUT2D eigenvalue weighted by Gasteiger charge is 2.64. The summed E-state index contributed by atoms with van der Waals surface area (Å²) in [7, 11) is 6.75. The molecule has 0 saturated heterocycles. The Morgan fingerprint density at radius 3 is 2.38 bits per heavy atom. The van der Waals surface area contributed by atoms with Crippen molar-refractivity contribution in [2.75, 3.05) is 39.9 Å². The van der Waals surface area contributed by atoms with Crippen LogP contribution in [0.15, 0.2) is 41.2 Å². The van der Waals surface area contributed by atoms with Crippen LogP contribution in [0.3, 0.4) is 0 Å². The first-order valence-corrected chi connectivity index (χ1v) is 13.4. The number of aliphatic hydroxyl groups excluding tert-OH is 2. The number of phenolic OH excluding ortho intramolecular Hbond substituents is 1. The zero-order valence-electron chi connectivity index (χ0n) is 23.5. The number of amides is 1. The largest absolute Gasteiger partial charge is 0.508 e. The summed E-state index contributed by atoms with van der Waals surface area (Å²) in [5.74, 6) is -5.84. The Hall–Kier alpha value is -4.55. The van der Waals surface area contributed by atoms with Gasteiger partial charge in [-0.3, -0.25) is 19.3 Å². The van der Waals surface area contributed by atoms with Gasteiger partial charge in [0.15, 0.2) is 22.9 Å². The lowest BCUT2D eigenvalue weighted by atomic mass is 9.57. The molecule has 1 fully saturated rings. The van der Waals surface area contributed by atoms with E-state index < -0.39 is 58.0 Å². The Balaban J connectivity index is 1.57. The van der Waals surface area contributed by atoms with Crippen LogP contribution >= 0.6 is 0 Å². The van der Waals surface area contributed by atoms with Crippen molar-refractivity contribution < 1.29 is 44.3 Å². The second-order valence-corrected chi connectivity index (χ2v) is 11.6. The molecule has 6 rings (SSSR count). The number of hydrogen-bond acceptors (Lipinski definition) is 11. The lowest BCUT2D eigenvalue weighted by molar-refractivity contribution is -0.153. The zero-order valence-corrected chi connectivity index (χ0v) is 23.5. The summed E-state index contributed by atoms with van der Waals surface area (Å²) in [4.78, 5) is 42.9. The third kappa shape index (κ3) is 3.58. The molecule has 2 aromatic rings. The molecule has 1 amide bonds. The number of aromatic hydroxyl groups is 1. The topological polar surface area (TPSA) is 183 Å². The van der Waals surface area contributed by atoms with E-state index >= 15 is 0 Å². The van der Waals surface area contributed by atoms with Crippen LogP contribution in [-0.2, 0) is 20.8 Å². The molecular formula is C30H31N3O9. The predicted octanol–water partition coefficient (Wildman–Crippen LogP) is 1.43. The second kappa shape index (κ2) is 9.23. The highest BCUT2D eigenvalue weighted by Crippen LogP contribution is 2.55. The standard InChI is InChI=1S/C30H31N3O9/c1-32(2)17-10-14(12-5-6-18-19(9-12)42-11-41-18)24(34)21-15(17)7-13-8-16-23(33(3)4)26(36)22(29(31)39)28(38)30(16,40)27(37)20(13)25(21)35/h5-6,9-10,13,16,23,34-35,38,40H,7-8,11H2,1-4H3,(H2,31,39)/t13-,16-,23-,30-/m0/s1. The first-order chi connectivity index (χ1) is 19.8. The Labute approximate surface area is 240 Å². The van der Waals surface area contributed by atoms with E-state index in [-0.39, 0.29) is 36.5 Å². The van der Waals surface area contributed by atoms with Gasteiger partial charge in [-0.2, -0.15) is 0 Å². The van der Waals surface area contributed by atoms with E-state index in [1.54, 1.807) is 38.4 Å². The molecule has 4 aliphatic rings. The van der Waals surface area contributed by atoms with E-state index in [4.69, 9.17) is 15.2 Å². The summed E-state index contributed by atoms with van der Waals surface area (Å²) in [6, 6.07) is 5.78. The fourth-order valence-electron chi connectivity index (χ4n) is 6.97. The number of primary amides is 1. The van der Waals surface area contributed by atoms with Gasteiger partial charge < -0.3 is 40.5 Å². The van der Waals surface area contributed by atoms with Gasteiger partial charge >= 0.3 is 0 Å². The van der Waals surface area contributed by atoms with Crippen molar-refractivity contribution in [1.29, 1.82) is 0 Å². The third-order valence-electron chi connectivity index (χ3n) is 8.86. The number of phenols is 1. The summed E-state index contributed by atoms with van der Waals surface area (Å²) in [5.41, 5.74) is 3.85. The third-order valence-corrected chi connectivity index (χ3v) is 8.86. The molecule has 3 aliphatic carbocycles. The number of nitrogens with zero attached hydrogens (tertiary/aromatic N) is 2. The van der Waals surface area contributed by atoms with Gasteiger partial charge in [0.25, 0.3) is 5.91 Å². The normalized spacial score (nSPS) is 26.3. The van der Waals surface area contributed by atoms with Crippen LogP contribution in [0, 0.1) is 11.8 Å². The minimum atomic E-state index is -2.69. The Bertz CT molecular complexity index is 1660. The molecule has 12 nitrogen and oxygen atoms in total. The quantitative estimate of drug-likeness (QED) is 0.331. The number of fused-ring (bicyclic) bond motifs is 4. The number of ether oxygens (including phenoxy) is 2. The average Bonchev–Trinajstić information content (AvgIpc) is 3.38. The number of likely N-dealkylation sites (N-methyl/N-ethyl adjacent to an activating group) is 1. The lowest BCUT2D eigenvalue weighted by Crippen LogP contribution is -2.65. The smallest absolute Gasteiger partial charge is 0.255 e. The summed E-state index contributed by atoms with van der Waals surface area (Å²) < 4.78 is 10.9. The molecule has 1 aliphatic heterocycles.